The summed E-state index contributed by atoms with van der Waals surface area (Å²) in [5, 5.41) is 3.57. The minimum atomic E-state index is 0.564. The highest BCUT2D eigenvalue weighted by atomic mass is 79.9. The predicted octanol–water partition coefficient (Wildman–Crippen LogP) is 3.20. The summed E-state index contributed by atoms with van der Waals surface area (Å²) in [7, 11) is 0. The molecule has 3 nitrogen and oxygen atoms in total. The number of hydrogen-bond acceptors (Lipinski definition) is 3. The Morgan fingerprint density at radius 2 is 2.26 bits per heavy atom. The van der Waals surface area contributed by atoms with Gasteiger partial charge >= 0.3 is 0 Å². The number of piperidine rings is 1. The average molecular weight is 326 g/mol. The van der Waals surface area contributed by atoms with Crippen molar-refractivity contribution >= 4 is 15.9 Å². The van der Waals surface area contributed by atoms with Crippen LogP contribution in [-0.2, 0) is 6.54 Å². The average Bonchev–Trinajstić information content (AvgIpc) is 2.40. The second-order valence-electron chi connectivity index (χ2n) is 5.65. The standard InChI is InChI=1S/C15H24BrN3/c1-12(2)17-10-15-5-3-4-8-19(15)11-14-7-6-13(16)9-18-14/h6-7,9,12,15,17H,3-5,8,10-11H2,1-2H3. The largest absolute Gasteiger partial charge is 0.313 e. The van der Waals surface area contributed by atoms with E-state index in [0.717, 1.165) is 17.6 Å². The summed E-state index contributed by atoms with van der Waals surface area (Å²) < 4.78 is 1.05. The van der Waals surface area contributed by atoms with E-state index < -0.39 is 0 Å². The predicted molar refractivity (Wildman–Crippen MR) is 83.1 cm³/mol. The van der Waals surface area contributed by atoms with Crippen molar-refractivity contribution in [2.45, 2.75) is 51.7 Å². The van der Waals surface area contributed by atoms with Crippen molar-refractivity contribution in [3.63, 3.8) is 0 Å². The molecular weight excluding hydrogens is 302 g/mol. The van der Waals surface area contributed by atoms with Gasteiger partial charge < -0.3 is 5.32 Å². The first-order valence-corrected chi connectivity index (χ1v) is 8.02. The normalized spacial score (nSPS) is 20.9. The molecule has 1 unspecified atom stereocenters. The van der Waals surface area contributed by atoms with Crippen molar-refractivity contribution in [3.05, 3.63) is 28.5 Å². The number of halogens is 1. The Bertz CT molecular complexity index is 377. The molecule has 4 heteroatoms. The van der Waals surface area contributed by atoms with E-state index >= 15 is 0 Å². The molecule has 0 radical (unpaired) electrons. The van der Waals surface area contributed by atoms with E-state index in [0.29, 0.717) is 12.1 Å². The van der Waals surface area contributed by atoms with Crippen molar-refractivity contribution in [3.8, 4) is 0 Å². The summed E-state index contributed by atoms with van der Waals surface area (Å²) in [5.41, 5.74) is 1.17. The SMILES string of the molecule is CC(C)NCC1CCCCN1Cc1ccc(Br)cn1. The molecule has 0 aromatic carbocycles. The van der Waals surface area contributed by atoms with E-state index in [1.54, 1.807) is 0 Å². The zero-order chi connectivity index (χ0) is 13.7. The Morgan fingerprint density at radius 3 is 2.95 bits per heavy atom. The van der Waals surface area contributed by atoms with E-state index in [-0.39, 0.29) is 0 Å². The Labute approximate surface area is 124 Å². The van der Waals surface area contributed by atoms with Crippen molar-refractivity contribution < 1.29 is 0 Å². The molecule has 1 atom stereocenters. The van der Waals surface area contributed by atoms with Gasteiger partial charge in [0, 0.05) is 35.8 Å². The Balaban J connectivity index is 1.93. The van der Waals surface area contributed by atoms with Crippen LogP contribution >= 0.6 is 15.9 Å². The van der Waals surface area contributed by atoms with Crippen LogP contribution in [0.3, 0.4) is 0 Å². The van der Waals surface area contributed by atoms with E-state index in [1.807, 2.05) is 6.20 Å². The number of likely N-dealkylation sites (tertiary alicyclic amines) is 1. The Hall–Kier alpha value is -0.450. The summed E-state index contributed by atoms with van der Waals surface area (Å²) in [6.45, 7) is 7.68. The van der Waals surface area contributed by atoms with Crippen LogP contribution in [0.25, 0.3) is 0 Å². The monoisotopic (exact) mass is 325 g/mol. The number of hydrogen-bond donors (Lipinski definition) is 1. The second kappa shape index (κ2) is 7.36. The summed E-state index contributed by atoms with van der Waals surface area (Å²) in [6, 6.07) is 5.41. The Kier molecular flexibility index (Phi) is 5.79. The number of nitrogens with zero attached hydrogens (tertiary/aromatic N) is 2. The van der Waals surface area contributed by atoms with Gasteiger partial charge in [-0.1, -0.05) is 20.3 Å². The van der Waals surface area contributed by atoms with Crippen LogP contribution in [0.15, 0.2) is 22.8 Å². The van der Waals surface area contributed by atoms with Crippen LogP contribution < -0.4 is 5.32 Å². The molecule has 0 saturated carbocycles. The van der Waals surface area contributed by atoms with Gasteiger partial charge in [0.2, 0.25) is 0 Å². The zero-order valence-electron chi connectivity index (χ0n) is 11.9. The molecule has 1 saturated heterocycles. The van der Waals surface area contributed by atoms with Crippen LogP contribution in [-0.4, -0.2) is 35.1 Å². The summed E-state index contributed by atoms with van der Waals surface area (Å²) in [5.74, 6) is 0. The van der Waals surface area contributed by atoms with Gasteiger partial charge in [0.25, 0.3) is 0 Å². The fourth-order valence-electron chi connectivity index (χ4n) is 2.58. The molecule has 1 aliphatic rings. The van der Waals surface area contributed by atoms with Crippen molar-refractivity contribution in [2.24, 2.45) is 0 Å². The quantitative estimate of drug-likeness (QED) is 0.901. The highest BCUT2D eigenvalue weighted by Gasteiger charge is 2.22. The molecule has 1 aromatic rings. The van der Waals surface area contributed by atoms with Gasteiger partial charge in [-0.15, -0.1) is 0 Å². The third-order valence-electron chi connectivity index (χ3n) is 3.66. The van der Waals surface area contributed by atoms with Gasteiger partial charge in [0.05, 0.1) is 5.69 Å². The van der Waals surface area contributed by atoms with Gasteiger partial charge in [0.15, 0.2) is 0 Å². The second-order valence-corrected chi connectivity index (χ2v) is 6.57. The molecule has 0 spiro atoms. The summed E-state index contributed by atoms with van der Waals surface area (Å²) in [6.07, 6.45) is 5.86. The number of aromatic nitrogens is 1. The fourth-order valence-corrected chi connectivity index (χ4v) is 2.81. The van der Waals surface area contributed by atoms with E-state index in [2.05, 4.69) is 57.1 Å². The number of nitrogens with one attached hydrogen (secondary N) is 1. The topological polar surface area (TPSA) is 28.2 Å². The molecule has 2 rings (SSSR count). The van der Waals surface area contributed by atoms with Crippen LogP contribution in [0.1, 0.15) is 38.8 Å². The van der Waals surface area contributed by atoms with Gasteiger partial charge in [-0.25, -0.2) is 0 Å². The number of rotatable bonds is 5. The van der Waals surface area contributed by atoms with E-state index in [4.69, 9.17) is 0 Å². The van der Waals surface area contributed by atoms with Crippen molar-refractivity contribution in [1.29, 1.82) is 0 Å². The highest BCUT2D eigenvalue weighted by molar-refractivity contribution is 9.10. The lowest BCUT2D eigenvalue weighted by molar-refractivity contribution is 0.134. The lowest BCUT2D eigenvalue weighted by Gasteiger charge is -2.36. The summed E-state index contributed by atoms with van der Waals surface area (Å²) >= 11 is 3.44. The van der Waals surface area contributed by atoms with E-state index in [1.165, 1.54) is 31.5 Å². The molecule has 2 heterocycles. The third kappa shape index (κ3) is 4.86. The maximum Gasteiger partial charge on any atom is 0.0544 e. The first-order chi connectivity index (χ1) is 9.15. The minimum absolute atomic E-state index is 0.564. The molecule has 1 fully saturated rings. The number of pyridine rings is 1. The molecule has 0 aliphatic carbocycles. The smallest absolute Gasteiger partial charge is 0.0544 e. The molecular formula is C15H24BrN3. The first kappa shape index (κ1) is 14.9. The molecule has 1 N–H and O–H groups in total. The van der Waals surface area contributed by atoms with Gasteiger partial charge in [-0.05, 0) is 47.4 Å². The lowest BCUT2D eigenvalue weighted by Crippen LogP contribution is -2.46. The van der Waals surface area contributed by atoms with E-state index in [9.17, 15) is 0 Å². The highest BCUT2D eigenvalue weighted by Crippen LogP contribution is 2.19. The van der Waals surface area contributed by atoms with Gasteiger partial charge in [0.1, 0.15) is 0 Å². The summed E-state index contributed by atoms with van der Waals surface area (Å²) in [4.78, 5) is 7.07. The van der Waals surface area contributed by atoms with Crippen LogP contribution in [0.4, 0.5) is 0 Å². The maximum atomic E-state index is 4.49. The molecule has 106 valence electrons. The van der Waals surface area contributed by atoms with Crippen LogP contribution in [0, 0.1) is 0 Å². The molecule has 1 aliphatic heterocycles. The van der Waals surface area contributed by atoms with Crippen LogP contribution in [0.5, 0.6) is 0 Å². The van der Waals surface area contributed by atoms with Gasteiger partial charge in [-0.2, -0.15) is 0 Å². The van der Waals surface area contributed by atoms with Gasteiger partial charge in [-0.3, -0.25) is 9.88 Å². The third-order valence-corrected chi connectivity index (χ3v) is 4.13. The first-order valence-electron chi connectivity index (χ1n) is 7.23. The maximum absolute atomic E-state index is 4.49. The van der Waals surface area contributed by atoms with Crippen molar-refractivity contribution in [2.75, 3.05) is 13.1 Å². The van der Waals surface area contributed by atoms with Crippen LogP contribution in [0.2, 0.25) is 0 Å². The molecule has 0 bridgehead atoms. The van der Waals surface area contributed by atoms with Crippen molar-refractivity contribution in [1.82, 2.24) is 15.2 Å². The fraction of sp³-hybridized carbons (Fsp3) is 0.667. The molecule has 19 heavy (non-hydrogen) atoms. The molecule has 1 aromatic heterocycles. The minimum Gasteiger partial charge on any atom is -0.313 e. The molecule has 0 amide bonds. The lowest BCUT2D eigenvalue weighted by atomic mass is 10.0. The Morgan fingerprint density at radius 1 is 1.42 bits per heavy atom. The zero-order valence-corrected chi connectivity index (χ0v) is 13.5.